The van der Waals surface area contributed by atoms with Crippen LogP contribution < -0.4 is 0 Å². The normalized spacial score (nSPS) is 11.4. The molecule has 0 aliphatic rings. The number of halogens is 1. The molecule has 0 bridgehead atoms. The average molecular weight is 923 g/mol. The highest BCUT2D eigenvalue weighted by atomic mass is 35.5. The highest BCUT2D eigenvalue weighted by Gasteiger charge is 2.15. The Labute approximate surface area is 405 Å². The number of carbonyl (C=O) groups excluding carboxylic acids is 3. The van der Waals surface area contributed by atoms with E-state index in [0.717, 1.165) is 116 Å². The monoisotopic (exact) mass is 922 g/mol. The highest BCUT2D eigenvalue weighted by Crippen LogP contribution is 2.17. The van der Waals surface area contributed by atoms with E-state index < -0.39 is 0 Å². The van der Waals surface area contributed by atoms with Crippen molar-refractivity contribution in [1.29, 1.82) is 0 Å². The fraction of sp³-hybridized carbons (Fsp3) is 0.947. The minimum Gasteiger partial charge on any atom is -0.343 e. The van der Waals surface area contributed by atoms with Gasteiger partial charge in [0.15, 0.2) is 0 Å². The minimum absolute atomic E-state index is 0.336. The van der Waals surface area contributed by atoms with Gasteiger partial charge >= 0.3 is 5.37 Å². The van der Waals surface area contributed by atoms with E-state index in [1.54, 1.807) is 0 Å². The third-order valence-corrected chi connectivity index (χ3v) is 14.0. The fourth-order valence-electron chi connectivity index (χ4n) is 9.29. The van der Waals surface area contributed by atoms with Crippen LogP contribution in [-0.2, 0) is 9.59 Å². The molecule has 0 saturated carbocycles. The van der Waals surface area contributed by atoms with Gasteiger partial charge in [0.2, 0.25) is 11.8 Å². The zero-order valence-electron chi connectivity index (χ0n) is 43.8. The van der Waals surface area contributed by atoms with Crippen molar-refractivity contribution in [2.24, 2.45) is 0 Å². The first kappa shape index (κ1) is 62.7. The number of amides is 3. The molecule has 0 aromatic rings. The topological polar surface area (TPSA) is 60.9 Å². The summed E-state index contributed by atoms with van der Waals surface area (Å²) in [6.45, 7) is 14.3. The molecule has 0 heterocycles. The van der Waals surface area contributed by atoms with Crippen LogP contribution in [0, 0.1) is 0 Å². The number of rotatable bonds is 52. The van der Waals surface area contributed by atoms with Crippen molar-refractivity contribution in [3.05, 3.63) is 0 Å². The maximum atomic E-state index is 13.3. The molecule has 0 aliphatic carbocycles. The molecule has 3 amide bonds. The van der Waals surface area contributed by atoms with Crippen molar-refractivity contribution < 1.29 is 14.4 Å². The van der Waals surface area contributed by atoms with Crippen molar-refractivity contribution >= 4 is 28.8 Å². The smallest absolute Gasteiger partial charge is 0.316 e. The van der Waals surface area contributed by atoms with E-state index in [2.05, 4.69) is 37.5 Å². The molecule has 0 aromatic heterocycles. The number of unbranched alkanes of at least 4 members (excludes halogenated alkanes) is 36. The molecule has 0 atom stereocenters. The fourth-order valence-corrected chi connectivity index (χ4v) is 9.46. The van der Waals surface area contributed by atoms with Crippen molar-refractivity contribution in [3.8, 4) is 0 Å². The lowest BCUT2D eigenvalue weighted by Crippen LogP contribution is -2.32. The number of nitrogens with zero attached hydrogens (tertiary/aromatic N) is 3. The van der Waals surface area contributed by atoms with Crippen LogP contribution in [0.15, 0.2) is 0 Å². The molecule has 64 heavy (non-hydrogen) atoms. The third-order valence-electron chi connectivity index (χ3n) is 13.7. The molecule has 0 radical (unpaired) electrons. The summed E-state index contributed by atoms with van der Waals surface area (Å²) in [7, 11) is 0. The molecule has 0 N–H and O–H groups in total. The highest BCUT2D eigenvalue weighted by molar-refractivity contribution is 6.62. The van der Waals surface area contributed by atoms with Crippen molar-refractivity contribution in [2.75, 3.05) is 39.3 Å². The lowest BCUT2D eigenvalue weighted by Gasteiger charge is -2.23. The maximum absolute atomic E-state index is 13.3. The van der Waals surface area contributed by atoms with E-state index in [4.69, 9.17) is 11.6 Å². The number of carbonyl (C=O) groups is 3. The van der Waals surface area contributed by atoms with Gasteiger partial charge in [0, 0.05) is 52.1 Å². The molecule has 0 aliphatic heterocycles. The molecular formula is C57H112ClN3O3. The van der Waals surface area contributed by atoms with Gasteiger partial charge in [0.05, 0.1) is 0 Å². The van der Waals surface area contributed by atoms with Crippen LogP contribution in [0.3, 0.4) is 0 Å². The Hall–Kier alpha value is -1.30. The SMILES string of the molecule is CCCCCCCCCCN(CCCCCCCCCC)C(=O)CCCCCCCN(CCCCCCCC(=O)N(CCCCCCCCCC)CCCCCCCCCC)C(=O)Cl. The Morgan fingerprint density at radius 3 is 0.625 bits per heavy atom. The molecule has 0 aromatic carbocycles. The Morgan fingerprint density at radius 2 is 0.422 bits per heavy atom. The van der Waals surface area contributed by atoms with Gasteiger partial charge in [-0.25, -0.2) is 0 Å². The van der Waals surface area contributed by atoms with E-state index in [0.29, 0.717) is 37.7 Å². The Kier molecular flexibility index (Phi) is 50.1. The van der Waals surface area contributed by atoms with Gasteiger partial charge in [-0.05, 0) is 63.0 Å². The van der Waals surface area contributed by atoms with Crippen LogP contribution in [0.2, 0.25) is 0 Å². The minimum atomic E-state index is -0.336. The molecule has 0 saturated heterocycles. The predicted molar refractivity (Wildman–Crippen MR) is 282 cm³/mol. The predicted octanol–water partition coefficient (Wildman–Crippen LogP) is 18.5. The van der Waals surface area contributed by atoms with Gasteiger partial charge < -0.3 is 14.7 Å². The van der Waals surface area contributed by atoms with Crippen molar-refractivity contribution in [1.82, 2.24) is 14.7 Å². The summed E-state index contributed by atoms with van der Waals surface area (Å²) in [4.78, 5) is 45.1. The van der Waals surface area contributed by atoms with Crippen LogP contribution in [0.4, 0.5) is 4.79 Å². The van der Waals surface area contributed by atoms with Crippen molar-refractivity contribution in [2.45, 2.75) is 310 Å². The van der Waals surface area contributed by atoms with E-state index in [-0.39, 0.29) is 5.37 Å². The first-order valence-corrected chi connectivity index (χ1v) is 29.3. The maximum Gasteiger partial charge on any atom is 0.316 e. The van der Waals surface area contributed by atoms with Crippen LogP contribution in [0.5, 0.6) is 0 Å². The van der Waals surface area contributed by atoms with Crippen molar-refractivity contribution in [3.63, 3.8) is 0 Å². The molecule has 6 nitrogen and oxygen atoms in total. The van der Waals surface area contributed by atoms with Crippen LogP contribution in [0.25, 0.3) is 0 Å². The summed E-state index contributed by atoms with van der Waals surface area (Å²) >= 11 is 6.02. The van der Waals surface area contributed by atoms with Crippen LogP contribution in [-0.4, -0.2) is 71.1 Å². The largest absolute Gasteiger partial charge is 0.343 e. The van der Waals surface area contributed by atoms with Gasteiger partial charge in [-0.3, -0.25) is 14.4 Å². The van der Waals surface area contributed by atoms with Gasteiger partial charge in [0.25, 0.3) is 0 Å². The molecular weight excluding hydrogens is 810 g/mol. The lowest BCUT2D eigenvalue weighted by molar-refractivity contribution is -0.132. The summed E-state index contributed by atoms with van der Waals surface area (Å²) in [5.74, 6) is 0.725. The summed E-state index contributed by atoms with van der Waals surface area (Å²) in [6.07, 6.45) is 53.3. The summed E-state index contributed by atoms with van der Waals surface area (Å²) < 4.78 is 0. The van der Waals surface area contributed by atoms with Crippen LogP contribution in [0.1, 0.15) is 310 Å². The van der Waals surface area contributed by atoms with E-state index in [9.17, 15) is 14.4 Å². The number of hydrogen-bond donors (Lipinski definition) is 0. The molecule has 0 spiro atoms. The van der Waals surface area contributed by atoms with E-state index in [1.807, 2.05) is 4.90 Å². The van der Waals surface area contributed by atoms with Gasteiger partial charge in [-0.1, -0.05) is 246 Å². The summed E-state index contributed by atoms with van der Waals surface area (Å²) in [6, 6.07) is 0. The zero-order chi connectivity index (χ0) is 46.8. The standard InChI is InChI=1S/C57H112ClN3O3/c1-5-9-13-17-21-25-33-41-49-59(50-42-34-26-22-18-14-10-6-2)55(62)47-39-31-29-37-45-53-61(57(58)64)54-46-38-30-32-40-48-56(63)60(51-43-35-27-23-19-15-11-7-3)52-44-36-28-24-20-16-12-8-4/h5-54H2,1-4H3. The third kappa shape index (κ3) is 43.3. The first-order chi connectivity index (χ1) is 31.4. The average Bonchev–Trinajstić information content (AvgIpc) is 3.29. The Morgan fingerprint density at radius 1 is 0.250 bits per heavy atom. The van der Waals surface area contributed by atoms with E-state index in [1.165, 1.54) is 180 Å². The first-order valence-electron chi connectivity index (χ1n) is 28.9. The second-order valence-electron chi connectivity index (χ2n) is 19.9. The summed E-state index contributed by atoms with van der Waals surface area (Å²) in [5.41, 5.74) is 0. The molecule has 7 heteroatoms. The number of hydrogen-bond acceptors (Lipinski definition) is 3. The second kappa shape index (κ2) is 51.1. The van der Waals surface area contributed by atoms with Gasteiger partial charge in [0.1, 0.15) is 0 Å². The lowest BCUT2D eigenvalue weighted by atomic mass is 10.1. The summed E-state index contributed by atoms with van der Waals surface area (Å²) in [5, 5.41) is -0.336. The Bertz CT molecular complexity index is 885. The van der Waals surface area contributed by atoms with Gasteiger partial charge in [-0.15, -0.1) is 0 Å². The molecule has 380 valence electrons. The molecule has 0 unspecified atom stereocenters. The van der Waals surface area contributed by atoms with Crippen LogP contribution >= 0.6 is 11.6 Å². The van der Waals surface area contributed by atoms with Gasteiger partial charge in [-0.2, -0.15) is 0 Å². The second-order valence-corrected chi connectivity index (χ2v) is 20.3. The Balaban J connectivity index is 4.41. The molecule has 0 fully saturated rings. The van der Waals surface area contributed by atoms with E-state index >= 15 is 0 Å². The quantitative estimate of drug-likeness (QED) is 0.0347. The molecule has 0 rings (SSSR count). The zero-order valence-corrected chi connectivity index (χ0v) is 44.6.